The maximum Gasteiger partial charge on any atom is 0.314 e. The van der Waals surface area contributed by atoms with E-state index in [1.165, 1.54) is 64.2 Å². The van der Waals surface area contributed by atoms with Crippen molar-refractivity contribution in [3.8, 4) is 11.5 Å². The minimum absolute atomic E-state index is 0.702. The maximum atomic E-state index is 8.74. The summed E-state index contributed by atoms with van der Waals surface area (Å²) in [7, 11) is -6.05. The van der Waals surface area contributed by atoms with Gasteiger partial charge in [0.25, 0.3) is 0 Å². The van der Waals surface area contributed by atoms with E-state index in [0.29, 0.717) is 6.61 Å². The van der Waals surface area contributed by atoms with E-state index in [1.807, 2.05) is 97.1 Å². The van der Waals surface area contributed by atoms with Gasteiger partial charge in [-0.25, -0.2) is 0 Å². The van der Waals surface area contributed by atoms with E-state index in [2.05, 4.69) is 13.8 Å². The van der Waals surface area contributed by atoms with Crippen molar-refractivity contribution < 1.29 is 27.9 Å². The summed E-state index contributed by atoms with van der Waals surface area (Å²) in [6, 6.07) is 32.1. The minimum Gasteiger partial charge on any atom is -0.326 e. The van der Waals surface area contributed by atoms with Crippen LogP contribution in [0.15, 0.2) is 97.1 Å². The number of benzene rings is 3. The topological polar surface area (TPSA) is 85.2 Å². The molecule has 0 saturated heterocycles. The van der Waals surface area contributed by atoms with E-state index in [-0.39, 0.29) is 0 Å². The van der Waals surface area contributed by atoms with Crippen LogP contribution < -0.4 is 9.05 Å². The van der Waals surface area contributed by atoms with Crippen LogP contribution in [0, 0.1) is 0 Å². The molecule has 0 atom stereocenters. The van der Waals surface area contributed by atoms with Crippen molar-refractivity contribution in [3.63, 3.8) is 0 Å². The molecule has 0 radical (unpaired) electrons. The molecule has 2 N–H and O–H groups in total. The molecule has 0 saturated carbocycles. The van der Waals surface area contributed by atoms with Crippen LogP contribution >= 0.6 is 16.2 Å². The average Bonchev–Trinajstić information content (AvgIpc) is 3.00. The van der Waals surface area contributed by atoms with E-state index < -0.39 is 16.2 Å². The average molecular weight is 621 g/mol. The number of hydrogen-bond acceptors (Lipinski definition) is 4. The minimum atomic E-state index is -3.13. The third-order valence-electron chi connectivity index (χ3n) is 6.36. The van der Waals surface area contributed by atoms with Crippen molar-refractivity contribution in [3.05, 3.63) is 97.1 Å². The molecule has 0 bridgehead atoms. The molecule has 0 spiro atoms. The monoisotopic (exact) mass is 620 g/mol. The molecule has 6 nitrogen and oxygen atoms in total. The van der Waals surface area contributed by atoms with Gasteiger partial charge in [0.2, 0.25) is 0 Å². The molecule has 0 aliphatic heterocycles. The molecule has 42 heavy (non-hydrogen) atoms. The Morgan fingerprint density at radius 3 is 1.29 bits per heavy atom. The quantitative estimate of drug-likeness (QED) is 0.102. The molecule has 3 aromatic rings. The zero-order valence-corrected chi connectivity index (χ0v) is 27.7. The predicted molar refractivity (Wildman–Crippen MR) is 180 cm³/mol. The zero-order chi connectivity index (χ0) is 30.6. The molecular formula is C34H54O6P2. The van der Waals surface area contributed by atoms with Gasteiger partial charge in [-0.1, -0.05) is 36.4 Å². The molecule has 0 aliphatic carbocycles. The first-order chi connectivity index (χ1) is 20.5. The van der Waals surface area contributed by atoms with Crippen LogP contribution in [-0.4, -0.2) is 22.6 Å². The Morgan fingerprint density at radius 2 is 0.881 bits per heavy atom. The summed E-state index contributed by atoms with van der Waals surface area (Å²) in [5.41, 5.74) is 0. The Bertz CT molecular complexity index is 920. The first kappa shape index (κ1) is 37.8. The van der Waals surface area contributed by atoms with Crippen molar-refractivity contribution in [1.82, 2.24) is 0 Å². The Kier molecular flexibility index (Phi) is 23.8. The normalized spacial score (nSPS) is 11.1. The number of unbranched alkanes of at least 4 members (excludes halogenated alkanes) is 10. The number of rotatable bonds is 19. The predicted octanol–water partition coefficient (Wildman–Crippen LogP) is 10.4. The Labute approximate surface area is 256 Å². The molecule has 0 fully saturated rings. The summed E-state index contributed by atoms with van der Waals surface area (Å²) in [5.74, 6) is 1.67. The van der Waals surface area contributed by atoms with Crippen molar-refractivity contribution in [2.45, 2.75) is 90.9 Å². The van der Waals surface area contributed by atoms with Gasteiger partial charge in [0.05, 0.1) is 0 Å². The van der Waals surface area contributed by atoms with Crippen LogP contribution in [-0.2, 0) is 9.09 Å². The van der Waals surface area contributed by atoms with Gasteiger partial charge in [-0.05, 0) is 0 Å². The second-order valence-electron chi connectivity index (χ2n) is 10.1. The first-order valence-electron chi connectivity index (χ1n) is 15.5. The molecule has 3 rings (SSSR count). The van der Waals surface area contributed by atoms with Crippen LogP contribution in [0.4, 0.5) is 0 Å². The molecule has 0 aliphatic rings. The molecule has 0 heterocycles. The van der Waals surface area contributed by atoms with Crippen molar-refractivity contribution in [2.24, 2.45) is 0 Å². The number of para-hydroxylation sites is 2. The van der Waals surface area contributed by atoms with E-state index in [4.69, 9.17) is 27.9 Å². The van der Waals surface area contributed by atoms with Gasteiger partial charge in [0.1, 0.15) is 0 Å². The van der Waals surface area contributed by atoms with E-state index >= 15 is 0 Å². The smallest absolute Gasteiger partial charge is 0.314 e. The molecule has 8 heteroatoms. The first-order valence-corrected chi connectivity index (χ1v) is 18.8. The molecule has 0 amide bonds. The third-order valence-corrected chi connectivity index (χ3v) is 9.06. The molecule has 0 aromatic heterocycles. The largest absolute Gasteiger partial charge is 0.326 e. The number of hydrogen-bond donors (Lipinski definition) is 2. The van der Waals surface area contributed by atoms with Gasteiger partial charge in [-0.3, -0.25) is 4.57 Å². The zero-order valence-electron chi connectivity index (χ0n) is 25.7. The fourth-order valence-corrected chi connectivity index (χ4v) is 6.84. The second kappa shape index (κ2) is 26.4. The van der Waals surface area contributed by atoms with Gasteiger partial charge < -0.3 is 9.79 Å². The van der Waals surface area contributed by atoms with Gasteiger partial charge in [0, 0.05) is 0 Å². The summed E-state index contributed by atoms with van der Waals surface area (Å²) in [5, 5.41) is 0. The summed E-state index contributed by atoms with van der Waals surface area (Å²) >= 11 is 0. The summed E-state index contributed by atoms with van der Waals surface area (Å²) in [4.78, 5) is 14.3. The summed E-state index contributed by atoms with van der Waals surface area (Å²) in [6.07, 6.45) is 15.8. The van der Waals surface area contributed by atoms with Crippen molar-refractivity contribution in [2.75, 3.05) is 12.8 Å². The Hall–Kier alpha value is -2.20. The second-order valence-corrected chi connectivity index (χ2v) is 13.2. The van der Waals surface area contributed by atoms with E-state index in [9.17, 15) is 0 Å². The maximum absolute atomic E-state index is 8.74. The van der Waals surface area contributed by atoms with Gasteiger partial charge in [0.15, 0.2) is 0 Å². The molecular weight excluding hydrogens is 566 g/mol. The fourth-order valence-electron chi connectivity index (χ4n) is 4.21. The van der Waals surface area contributed by atoms with Crippen molar-refractivity contribution >= 4 is 16.2 Å². The SMILES string of the molecule is CCCCCCCCO[PH](CCCCCCCC)(Oc1ccccc1)Oc1ccccc1.O=[PH](O)O.c1ccccc1. The van der Waals surface area contributed by atoms with Gasteiger partial charge >= 0.3 is 206 Å². The third kappa shape index (κ3) is 21.5. The van der Waals surface area contributed by atoms with Crippen LogP contribution in [0.3, 0.4) is 0 Å². The van der Waals surface area contributed by atoms with Crippen LogP contribution in [0.1, 0.15) is 90.9 Å². The molecule has 236 valence electrons. The summed E-state index contributed by atoms with van der Waals surface area (Å²) in [6.45, 7) is 5.22. The van der Waals surface area contributed by atoms with Crippen LogP contribution in [0.2, 0.25) is 0 Å². The van der Waals surface area contributed by atoms with E-state index in [0.717, 1.165) is 30.5 Å². The van der Waals surface area contributed by atoms with Crippen LogP contribution in [0.5, 0.6) is 11.5 Å². The molecule has 3 aromatic carbocycles. The standard InChI is InChI=1S/C28H45O3P.C6H6.H3O3P/c1-3-5-7-9-11-19-25-29-32(26-20-12-10-8-6-4-2,30-27-21-15-13-16-22-27)31-28-23-17-14-18-24-28;1-2-4-6-5-3-1;1-4(2)3/h13-18,21-24,32H,3-12,19-20,25-26H2,1-2H3;1-6H;4H,(H2,1,2,3). The van der Waals surface area contributed by atoms with Gasteiger partial charge in [-0.2, -0.15) is 0 Å². The van der Waals surface area contributed by atoms with Crippen LogP contribution in [0.25, 0.3) is 0 Å². The Balaban J connectivity index is 0.000000745. The van der Waals surface area contributed by atoms with Gasteiger partial charge in [-0.15, -0.1) is 0 Å². The van der Waals surface area contributed by atoms with E-state index in [1.54, 1.807) is 0 Å². The Morgan fingerprint density at radius 1 is 0.548 bits per heavy atom. The fraction of sp³-hybridized carbons (Fsp3) is 0.471. The summed E-state index contributed by atoms with van der Waals surface area (Å²) < 4.78 is 28.5. The molecule has 0 unspecified atom stereocenters. The van der Waals surface area contributed by atoms with Crippen molar-refractivity contribution in [1.29, 1.82) is 0 Å².